The number of para-hydroxylation sites is 4. The highest BCUT2D eigenvalue weighted by molar-refractivity contribution is 6.04. The molecule has 0 atom stereocenters. The first kappa shape index (κ1) is 20.6. The van der Waals surface area contributed by atoms with Crippen molar-refractivity contribution < 1.29 is 0 Å². The van der Waals surface area contributed by atoms with E-state index in [1.165, 1.54) is 0 Å². The fourth-order valence-corrected chi connectivity index (χ4v) is 5.98. The van der Waals surface area contributed by atoms with Crippen molar-refractivity contribution in [3.05, 3.63) is 121 Å². The Morgan fingerprint density at radius 3 is 2.00 bits per heavy atom. The average Bonchev–Trinajstić information content (AvgIpc) is 3.68. The third-order valence-electron chi connectivity index (χ3n) is 7.72. The molecule has 6 aromatic carbocycles. The van der Waals surface area contributed by atoms with E-state index in [-0.39, 0.29) is 0 Å². The maximum Gasteiger partial charge on any atom is 0.220 e. The summed E-state index contributed by atoms with van der Waals surface area (Å²) in [5, 5.41) is 14.3. The first-order chi connectivity index (χ1) is 19.3. The smallest absolute Gasteiger partial charge is 0.220 e. The van der Waals surface area contributed by atoms with Gasteiger partial charge >= 0.3 is 0 Å². The Morgan fingerprint density at radius 2 is 1.13 bits per heavy atom. The monoisotopic (exact) mass is 500 g/mol. The lowest BCUT2D eigenvalue weighted by atomic mass is 10.1. The molecule has 6 heteroatoms. The van der Waals surface area contributed by atoms with Gasteiger partial charge in [-0.15, -0.1) is 15.0 Å². The van der Waals surface area contributed by atoms with E-state index in [9.17, 15) is 0 Å². The van der Waals surface area contributed by atoms with Gasteiger partial charge in [-0.1, -0.05) is 78.9 Å². The van der Waals surface area contributed by atoms with Gasteiger partial charge in [0.15, 0.2) is 0 Å². The molecule has 9 aromatic rings. The maximum atomic E-state index is 5.07. The maximum absolute atomic E-state index is 5.07. The van der Waals surface area contributed by atoms with E-state index >= 15 is 0 Å². The van der Waals surface area contributed by atoms with Crippen molar-refractivity contribution in [2.24, 2.45) is 0 Å². The highest BCUT2D eigenvalue weighted by Crippen LogP contribution is 2.34. The normalized spacial score (nSPS) is 12.1. The van der Waals surface area contributed by atoms with E-state index in [0.29, 0.717) is 0 Å². The van der Waals surface area contributed by atoms with Gasteiger partial charge in [-0.05, 0) is 47.9 Å². The minimum absolute atomic E-state index is 0.879. The summed E-state index contributed by atoms with van der Waals surface area (Å²) in [4.78, 5) is 6.84. The van der Waals surface area contributed by atoms with Crippen molar-refractivity contribution in [2.45, 2.75) is 0 Å². The van der Waals surface area contributed by atoms with Gasteiger partial charge in [-0.2, -0.15) is 0 Å². The number of nitrogens with zero attached hydrogens (tertiary/aromatic N) is 6. The number of aromatic nitrogens is 6. The largest absolute Gasteiger partial charge is 0.278 e. The molecule has 0 saturated carbocycles. The zero-order valence-corrected chi connectivity index (χ0v) is 20.7. The third-order valence-corrected chi connectivity index (χ3v) is 7.72. The number of hydrogen-bond acceptors (Lipinski definition) is 3. The summed E-state index contributed by atoms with van der Waals surface area (Å²) in [7, 11) is 0. The lowest BCUT2D eigenvalue weighted by Crippen LogP contribution is -2.02. The minimum atomic E-state index is 0.879. The number of imidazole rings is 2. The Morgan fingerprint density at radius 1 is 0.462 bits per heavy atom. The van der Waals surface area contributed by atoms with Crippen LogP contribution in [0.3, 0.4) is 0 Å². The first-order valence-corrected chi connectivity index (χ1v) is 13.0. The van der Waals surface area contributed by atoms with Crippen molar-refractivity contribution in [2.75, 3.05) is 0 Å². The minimum Gasteiger partial charge on any atom is -0.278 e. The summed E-state index contributed by atoms with van der Waals surface area (Å²) in [6.07, 6.45) is 0. The van der Waals surface area contributed by atoms with E-state index in [1.54, 1.807) is 4.80 Å². The average molecular weight is 501 g/mol. The quantitative estimate of drug-likeness (QED) is 0.247. The van der Waals surface area contributed by atoms with E-state index in [4.69, 9.17) is 15.2 Å². The van der Waals surface area contributed by atoms with Crippen LogP contribution in [-0.4, -0.2) is 28.9 Å². The van der Waals surface area contributed by atoms with Crippen LogP contribution in [0.2, 0.25) is 0 Å². The van der Waals surface area contributed by atoms with Gasteiger partial charge in [0.25, 0.3) is 0 Å². The highest BCUT2D eigenvalue weighted by Gasteiger charge is 2.19. The molecular formula is C33H20N6. The van der Waals surface area contributed by atoms with Gasteiger partial charge in [-0.3, -0.25) is 8.97 Å². The van der Waals surface area contributed by atoms with Crippen LogP contribution in [0.15, 0.2) is 121 Å². The van der Waals surface area contributed by atoms with Crippen LogP contribution in [0.4, 0.5) is 0 Å². The predicted molar refractivity (Wildman–Crippen MR) is 157 cm³/mol. The van der Waals surface area contributed by atoms with Crippen LogP contribution in [-0.2, 0) is 0 Å². The fraction of sp³-hybridized carbons (Fsp3) is 0. The molecule has 9 rings (SSSR count). The molecule has 0 aliphatic heterocycles. The lowest BCUT2D eigenvalue weighted by Gasteiger charge is -2.12. The number of rotatable bonds is 2. The summed E-state index contributed by atoms with van der Waals surface area (Å²) in [6, 6.07) is 42.0. The Balaban J connectivity index is 1.35. The molecule has 0 N–H and O–H groups in total. The summed E-state index contributed by atoms with van der Waals surface area (Å²) < 4.78 is 4.52. The van der Waals surface area contributed by atoms with Gasteiger partial charge in [0, 0.05) is 16.2 Å². The van der Waals surface area contributed by atoms with Crippen LogP contribution >= 0.6 is 0 Å². The van der Waals surface area contributed by atoms with E-state index in [1.807, 2.05) is 18.2 Å². The number of hydrogen-bond donors (Lipinski definition) is 0. The van der Waals surface area contributed by atoms with Gasteiger partial charge in [0.05, 0.1) is 33.4 Å². The van der Waals surface area contributed by atoms with Crippen LogP contribution in [0, 0.1) is 0 Å². The standard InChI is InChI=1S/C33H20N6/c1-2-10-22-21(9-1)17-18-26-32(22)36-39(35-26)28-20-19-27(23-11-3-4-12-24(23)28)37-30-15-7-8-16-31(30)38-29-14-6-5-13-25(29)34-33(37)38/h1-20H. The molecule has 0 fully saturated rings. The van der Waals surface area contributed by atoms with Gasteiger partial charge in [0.1, 0.15) is 11.0 Å². The molecular weight excluding hydrogens is 480 g/mol. The molecule has 39 heavy (non-hydrogen) atoms. The van der Waals surface area contributed by atoms with E-state index < -0.39 is 0 Å². The van der Waals surface area contributed by atoms with Gasteiger partial charge < -0.3 is 0 Å². The molecule has 6 nitrogen and oxygen atoms in total. The second kappa shape index (κ2) is 7.52. The highest BCUT2D eigenvalue weighted by atomic mass is 15.5. The van der Waals surface area contributed by atoms with Gasteiger partial charge in [0.2, 0.25) is 5.78 Å². The fourth-order valence-electron chi connectivity index (χ4n) is 5.98. The molecule has 0 aliphatic carbocycles. The van der Waals surface area contributed by atoms with Crippen LogP contribution in [0.5, 0.6) is 0 Å². The Bertz CT molecular complexity index is 2410. The molecule has 0 aliphatic rings. The lowest BCUT2D eigenvalue weighted by molar-refractivity contribution is 0.771. The van der Waals surface area contributed by atoms with Crippen LogP contribution < -0.4 is 0 Å². The number of fused-ring (bicyclic) bond motifs is 9. The second-order valence-corrected chi connectivity index (χ2v) is 9.85. The Labute approximate surface area is 222 Å². The van der Waals surface area contributed by atoms with E-state index in [0.717, 1.165) is 71.8 Å². The molecule has 0 spiro atoms. The van der Waals surface area contributed by atoms with Gasteiger partial charge in [-0.25, -0.2) is 4.98 Å². The topological polar surface area (TPSA) is 52.9 Å². The van der Waals surface area contributed by atoms with Crippen molar-refractivity contribution in [3.8, 4) is 11.4 Å². The SMILES string of the molecule is c1ccc2c(c1)ccc1nn(-c3ccc(-n4c5ccccc5n5c6ccccc6nc45)c4ccccc34)nc12. The second-order valence-electron chi connectivity index (χ2n) is 9.85. The number of benzene rings is 6. The van der Waals surface area contributed by atoms with Crippen LogP contribution in [0.25, 0.3) is 71.8 Å². The molecule has 0 radical (unpaired) electrons. The Kier molecular flexibility index (Phi) is 3.96. The van der Waals surface area contributed by atoms with Crippen molar-refractivity contribution in [3.63, 3.8) is 0 Å². The summed E-state index contributed by atoms with van der Waals surface area (Å²) in [6.45, 7) is 0. The zero-order valence-electron chi connectivity index (χ0n) is 20.7. The molecule has 0 amide bonds. The first-order valence-electron chi connectivity index (χ1n) is 13.0. The van der Waals surface area contributed by atoms with Crippen LogP contribution in [0.1, 0.15) is 0 Å². The summed E-state index contributed by atoms with van der Waals surface area (Å²) >= 11 is 0. The van der Waals surface area contributed by atoms with Crippen molar-refractivity contribution in [1.82, 2.24) is 28.9 Å². The van der Waals surface area contributed by atoms with E-state index in [2.05, 4.69) is 112 Å². The molecule has 182 valence electrons. The zero-order chi connectivity index (χ0) is 25.5. The molecule has 3 aromatic heterocycles. The van der Waals surface area contributed by atoms with Crippen molar-refractivity contribution >= 4 is 60.4 Å². The molecule has 0 unspecified atom stereocenters. The third kappa shape index (κ3) is 2.77. The Hall–Kier alpha value is -5.49. The molecule has 0 saturated heterocycles. The molecule has 3 heterocycles. The summed E-state index contributed by atoms with van der Waals surface area (Å²) in [5.41, 5.74) is 8.11. The predicted octanol–water partition coefficient (Wildman–Crippen LogP) is 7.47. The van der Waals surface area contributed by atoms with Crippen molar-refractivity contribution in [1.29, 1.82) is 0 Å². The molecule has 0 bridgehead atoms. The summed E-state index contributed by atoms with van der Waals surface area (Å²) in [5.74, 6) is 0.893.